The molecule has 0 aromatic heterocycles. The van der Waals surface area contributed by atoms with Crippen molar-refractivity contribution in [3.05, 3.63) is 29.8 Å². The maximum atomic E-state index is 6.28. The van der Waals surface area contributed by atoms with Crippen LogP contribution in [0.1, 0.15) is 38.2 Å². The van der Waals surface area contributed by atoms with Crippen LogP contribution in [0.25, 0.3) is 0 Å². The predicted octanol–water partition coefficient (Wildman–Crippen LogP) is 2.97. The first-order valence-corrected chi connectivity index (χ1v) is 8.27. The Kier molecular flexibility index (Phi) is 4.23. The van der Waals surface area contributed by atoms with Crippen LogP contribution in [0.2, 0.25) is 0 Å². The molecule has 1 saturated carbocycles. The molecule has 0 bridgehead atoms. The molecule has 1 fully saturated rings. The average molecular weight is 288 g/mol. The molecule has 1 atom stereocenters. The fourth-order valence-electron chi connectivity index (χ4n) is 4.19. The lowest BCUT2D eigenvalue weighted by Crippen LogP contribution is -2.59. The van der Waals surface area contributed by atoms with Crippen LogP contribution in [-0.4, -0.2) is 31.8 Å². The van der Waals surface area contributed by atoms with Gasteiger partial charge in [-0.15, -0.1) is 0 Å². The van der Waals surface area contributed by atoms with E-state index in [2.05, 4.69) is 36.1 Å². The molecule has 0 saturated heterocycles. The molecular weight excluding hydrogens is 260 g/mol. The third-order valence-corrected chi connectivity index (χ3v) is 5.49. The van der Waals surface area contributed by atoms with Gasteiger partial charge >= 0.3 is 0 Å². The third kappa shape index (κ3) is 2.69. The lowest BCUT2D eigenvalue weighted by atomic mass is 9.76. The second-order valence-electron chi connectivity index (χ2n) is 6.91. The van der Waals surface area contributed by atoms with Gasteiger partial charge in [0, 0.05) is 25.9 Å². The standard InChI is InChI=1S/C18H28N2O/c1-14-11-15-5-3-4-6-17(15)20(12-14)18(13-19)9-7-16(21-2)8-10-18/h3-6,14,16H,7-13,19H2,1-2H3. The minimum Gasteiger partial charge on any atom is -0.381 e. The van der Waals surface area contributed by atoms with Crippen LogP contribution < -0.4 is 10.6 Å². The summed E-state index contributed by atoms with van der Waals surface area (Å²) in [6, 6.07) is 8.88. The Morgan fingerprint density at radius 3 is 2.67 bits per heavy atom. The third-order valence-electron chi connectivity index (χ3n) is 5.49. The van der Waals surface area contributed by atoms with E-state index in [-0.39, 0.29) is 5.54 Å². The summed E-state index contributed by atoms with van der Waals surface area (Å²) in [5.74, 6) is 0.698. The summed E-state index contributed by atoms with van der Waals surface area (Å²) >= 11 is 0. The van der Waals surface area contributed by atoms with Crippen LogP contribution in [0, 0.1) is 5.92 Å². The van der Waals surface area contributed by atoms with Gasteiger partial charge in [0.05, 0.1) is 11.6 Å². The molecule has 0 spiro atoms. The van der Waals surface area contributed by atoms with Crippen molar-refractivity contribution in [2.24, 2.45) is 11.7 Å². The number of nitrogens with zero attached hydrogens (tertiary/aromatic N) is 1. The largest absolute Gasteiger partial charge is 0.381 e. The van der Waals surface area contributed by atoms with Gasteiger partial charge in [-0.1, -0.05) is 25.1 Å². The quantitative estimate of drug-likeness (QED) is 0.929. The van der Waals surface area contributed by atoms with Crippen molar-refractivity contribution < 1.29 is 4.74 Å². The van der Waals surface area contributed by atoms with Gasteiger partial charge in [0.25, 0.3) is 0 Å². The smallest absolute Gasteiger partial charge is 0.0573 e. The number of hydrogen-bond donors (Lipinski definition) is 1. The van der Waals surface area contributed by atoms with Gasteiger partial charge in [0.15, 0.2) is 0 Å². The van der Waals surface area contributed by atoms with Crippen molar-refractivity contribution >= 4 is 5.69 Å². The van der Waals surface area contributed by atoms with E-state index < -0.39 is 0 Å². The number of methoxy groups -OCH3 is 1. The van der Waals surface area contributed by atoms with Gasteiger partial charge < -0.3 is 15.4 Å². The molecule has 1 aromatic rings. The van der Waals surface area contributed by atoms with Gasteiger partial charge in [-0.2, -0.15) is 0 Å². The molecule has 1 aromatic carbocycles. The number of ether oxygens (including phenoxy) is 1. The normalized spacial score (nSPS) is 32.8. The lowest BCUT2D eigenvalue weighted by Gasteiger charge is -2.51. The molecule has 1 aliphatic carbocycles. The minimum absolute atomic E-state index is 0.125. The van der Waals surface area contributed by atoms with Crippen LogP contribution in [0.5, 0.6) is 0 Å². The molecule has 0 amide bonds. The summed E-state index contributed by atoms with van der Waals surface area (Å²) in [5.41, 5.74) is 9.30. The number of benzene rings is 1. The van der Waals surface area contributed by atoms with Crippen LogP contribution in [0.15, 0.2) is 24.3 Å². The maximum absolute atomic E-state index is 6.28. The zero-order valence-corrected chi connectivity index (χ0v) is 13.3. The summed E-state index contributed by atoms with van der Waals surface area (Å²) in [6.07, 6.45) is 6.14. The number of anilines is 1. The van der Waals surface area contributed by atoms with Crippen molar-refractivity contribution in [3.63, 3.8) is 0 Å². The molecule has 1 heterocycles. The summed E-state index contributed by atoms with van der Waals surface area (Å²) in [5, 5.41) is 0. The Morgan fingerprint density at radius 2 is 2.00 bits per heavy atom. The highest BCUT2D eigenvalue weighted by Crippen LogP contribution is 2.41. The van der Waals surface area contributed by atoms with E-state index in [4.69, 9.17) is 10.5 Å². The van der Waals surface area contributed by atoms with E-state index in [9.17, 15) is 0 Å². The Labute approximate surface area is 128 Å². The molecule has 1 unspecified atom stereocenters. The number of hydrogen-bond acceptors (Lipinski definition) is 3. The van der Waals surface area contributed by atoms with Crippen LogP contribution >= 0.6 is 0 Å². The topological polar surface area (TPSA) is 38.5 Å². The summed E-state index contributed by atoms with van der Waals surface area (Å²) < 4.78 is 5.55. The number of fused-ring (bicyclic) bond motifs is 1. The summed E-state index contributed by atoms with van der Waals surface area (Å²) in [6.45, 7) is 4.23. The van der Waals surface area contributed by atoms with Crippen LogP contribution in [0.4, 0.5) is 5.69 Å². The predicted molar refractivity (Wildman–Crippen MR) is 87.7 cm³/mol. The highest BCUT2D eigenvalue weighted by atomic mass is 16.5. The molecule has 1 aliphatic heterocycles. The molecular formula is C18H28N2O. The SMILES string of the molecule is COC1CCC(CN)(N2CC(C)Cc3ccccc32)CC1. The first kappa shape index (κ1) is 14.9. The van der Waals surface area contributed by atoms with Crippen LogP contribution in [0.3, 0.4) is 0 Å². The van der Waals surface area contributed by atoms with E-state index in [0.29, 0.717) is 12.0 Å². The fraction of sp³-hybridized carbons (Fsp3) is 0.667. The molecule has 2 N–H and O–H groups in total. The van der Waals surface area contributed by atoms with Crippen molar-refractivity contribution in [2.75, 3.05) is 25.1 Å². The highest BCUT2D eigenvalue weighted by Gasteiger charge is 2.41. The zero-order valence-electron chi connectivity index (χ0n) is 13.3. The van der Waals surface area contributed by atoms with Crippen molar-refractivity contribution in [2.45, 2.75) is 50.7 Å². The van der Waals surface area contributed by atoms with Gasteiger partial charge in [0.1, 0.15) is 0 Å². The fourth-order valence-corrected chi connectivity index (χ4v) is 4.19. The number of para-hydroxylation sites is 1. The molecule has 2 aliphatic rings. The van der Waals surface area contributed by atoms with E-state index >= 15 is 0 Å². The van der Waals surface area contributed by atoms with Gasteiger partial charge in [0.2, 0.25) is 0 Å². The zero-order chi connectivity index (χ0) is 14.9. The Hall–Kier alpha value is -1.06. The van der Waals surface area contributed by atoms with E-state index in [1.807, 2.05) is 7.11 Å². The summed E-state index contributed by atoms with van der Waals surface area (Å²) in [7, 11) is 1.83. The van der Waals surface area contributed by atoms with Gasteiger partial charge in [-0.3, -0.25) is 0 Å². The second-order valence-corrected chi connectivity index (χ2v) is 6.91. The van der Waals surface area contributed by atoms with E-state index in [0.717, 1.165) is 38.8 Å². The van der Waals surface area contributed by atoms with E-state index in [1.165, 1.54) is 17.7 Å². The molecule has 116 valence electrons. The maximum Gasteiger partial charge on any atom is 0.0573 e. The lowest BCUT2D eigenvalue weighted by molar-refractivity contribution is 0.0487. The molecule has 21 heavy (non-hydrogen) atoms. The van der Waals surface area contributed by atoms with Crippen LogP contribution in [-0.2, 0) is 11.2 Å². The van der Waals surface area contributed by atoms with E-state index in [1.54, 1.807) is 0 Å². The average Bonchev–Trinajstić information content (AvgIpc) is 2.54. The first-order valence-electron chi connectivity index (χ1n) is 8.27. The van der Waals surface area contributed by atoms with Crippen molar-refractivity contribution in [3.8, 4) is 0 Å². The monoisotopic (exact) mass is 288 g/mol. The Balaban J connectivity index is 1.91. The summed E-state index contributed by atoms with van der Waals surface area (Å²) in [4.78, 5) is 2.63. The Morgan fingerprint density at radius 1 is 1.29 bits per heavy atom. The molecule has 3 rings (SSSR count). The highest BCUT2D eigenvalue weighted by molar-refractivity contribution is 5.58. The molecule has 0 radical (unpaired) electrons. The Bertz CT molecular complexity index is 480. The number of nitrogens with two attached hydrogens (primary N) is 1. The van der Waals surface area contributed by atoms with Gasteiger partial charge in [-0.05, 0) is 49.7 Å². The molecule has 3 nitrogen and oxygen atoms in total. The van der Waals surface area contributed by atoms with Gasteiger partial charge in [-0.25, -0.2) is 0 Å². The van der Waals surface area contributed by atoms with Crippen molar-refractivity contribution in [1.82, 2.24) is 0 Å². The first-order chi connectivity index (χ1) is 10.2. The van der Waals surface area contributed by atoms with Crippen molar-refractivity contribution in [1.29, 1.82) is 0 Å². The second kappa shape index (κ2) is 5.98. The minimum atomic E-state index is 0.125. The molecule has 3 heteroatoms. The number of rotatable bonds is 3.